The van der Waals surface area contributed by atoms with Gasteiger partial charge >= 0.3 is 0 Å². The fraction of sp³-hybridized carbons (Fsp3) is 0.538. The summed E-state index contributed by atoms with van der Waals surface area (Å²) in [6, 6.07) is 15.2. The van der Waals surface area contributed by atoms with Crippen molar-refractivity contribution in [2.75, 3.05) is 6.61 Å². The number of ether oxygens (including phenoxy) is 2. The minimum absolute atomic E-state index is 0.0458. The second-order valence-electron chi connectivity index (χ2n) is 9.28. The van der Waals surface area contributed by atoms with Crippen LogP contribution in [0.15, 0.2) is 42.5 Å². The summed E-state index contributed by atoms with van der Waals surface area (Å²) in [7, 11) is 0. The van der Waals surface area contributed by atoms with Gasteiger partial charge in [-0.2, -0.15) is 0 Å². The maximum atomic E-state index is 10.2. The highest BCUT2D eigenvalue weighted by Gasteiger charge is 2.31. The molecule has 0 radical (unpaired) electrons. The van der Waals surface area contributed by atoms with Crippen LogP contribution in [0.1, 0.15) is 79.2 Å². The summed E-state index contributed by atoms with van der Waals surface area (Å²) in [5.74, 6) is 1.65. The van der Waals surface area contributed by atoms with E-state index in [1.807, 2.05) is 0 Å². The predicted octanol–water partition coefficient (Wildman–Crippen LogP) is 4.66. The highest BCUT2D eigenvalue weighted by Crippen LogP contribution is 2.43. The Balaban J connectivity index is 1.34. The normalized spacial score (nSPS) is 26.9. The van der Waals surface area contributed by atoms with E-state index in [1.54, 1.807) is 0 Å². The van der Waals surface area contributed by atoms with E-state index in [2.05, 4.69) is 42.5 Å². The van der Waals surface area contributed by atoms with Crippen LogP contribution in [0.25, 0.3) is 0 Å². The van der Waals surface area contributed by atoms with Crippen LogP contribution < -0.4 is 4.74 Å². The molecule has 1 saturated heterocycles. The second kappa shape index (κ2) is 8.70. The molecule has 0 bridgehead atoms. The van der Waals surface area contributed by atoms with Crippen molar-refractivity contribution in [3.63, 3.8) is 0 Å². The predicted molar refractivity (Wildman–Crippen MR) is 116 cm³/mol. The number of aliphatic hydroxyl groups is 2. The number of rotatable bonds is 7. The Hall–Kier alpha value is -1.88. The molecule has 1 aliphatic heterocycles. The van der Waals surface area contributed by atoms with Gasteiger partial charge in [-0.3, -0.25) is 0 Å². The molecule has 5 rings (SSSR count). The van der Waals surface area contributed by atoms with Crippen molar-refractivity contribution in [2.24, 2.45) is 0 Å². The summed E-state index contributed by atoms with van der Waals surface area (Å²) >= 11 is 0. The average Bonchev–Trinajstić information content (AvgIpc) is 3.56. The standard InChI is InChI=1S/C26H32O4/c27-16-24-14-21(28)15-26(30-24)19-8-11-25(18-6-7-18)20(13-19)12-17-4-9-23(10-5-17)29-22-2-1-3-22/h4-5,8-11,13,18,21-22,24,26-28H,1-3,6-7,12,14-16H2/t21-,24-,26+/m0/s1. The number of hydrogen-bond donors (Lipinski definition) is 2. The van der Waals surface area contributed by atoms with E-state index in [4.69, 9.17) is 9.47 Å². The lowest BCUT2D eigenvalue weighted by Gasteiger charge is -2.33. The quantitative estimate of drug-likeness (QED) is 0.700. The van der Waals surface area contributed by atoms with Gasteiger partial charge in [0.2, 0.25) is 0 Å². The highest BCUT2D eigenvalue weighted by atomic mass is 16.5. The van der Waals surface area contributed by atoms with Crippen LogP contribution in [0.5, 0.6) is 5.75 Å². The van der Waals surface area contributed by atoms with Crippen molar-refractivity contribution >= 4 is 0 Å². The lowest BCUT2D eigenvalue weighted by Crippen LogP contribution is -2.33. The SMILES string of the molecule is OC[C@@H]1C[C@H](O)C[C@H](c2ccc(C3CC3)c(Cc3ccc(OC4CCC4)cc3)c2)O1. The van der Waals surface area contributed by atoms with E-state index >= 15 is 0 Å². The molecule has 0 amide bonds. The molecular formula is C26H32O4. The third kappa shape index (κ3) is 4.56. The van der Waals surface area contributed by atoms with Gasteiger partial charge in [-0.05, 0) is 78.8 Å². The first-order chi connectivity index (χ1) is 14.7. The lowest BCUT2D eigenvalue weighted by atomic mass is 9.90. The summed E-state index contributed by atoms with van der Waals surface area (Å²) in [5.41, 5.74) is 5.19. The molecule has 2 N–H and O–H groups in total. The van der Waals surface area contributed by atoms with E-state index in [0.29, 0.717) is 24.9 Å². The van der Waals surface area contributed by atoms with E-state index in [1.165, 1.54) is 48.8 Å². The Bertz CT molecular complexity index is 854. The summed E-state index contributed by atoms with van der Waals surface area (Å²) in [6.07, 6.45) is 7.70. The summed E-state index contributed by atoms with van der Waals surface area (Å²) in [4.78, 5) is 0. The largest absolute Gasteiger partial charge is 0.490 e. The third-order valence-electron chi connectivity index (χ3n) is 6.81. The molecule has 1 heterocycles. The second-order valence-corrected chi connectivity index (χ2v) is 9.28. The van der Waals surface area contributed by atoms with Crippen LogP contribution in [0.4, 0.5) is 0 Å². The van der Waals surface area contributed by atoms with Gasteiger partial charge < -0.3 is 19.7 Å². The van der Waals surface area contributed by atoms with Crippen molar-refractivity contribution in [1.82, 2.24) is 0 Å². The van der Waals surface area contributed by atoms with E-state index in [0.717, 1.165) is 17.7 Å². The molecule has 4 nitrogen and oxygen atoms in total. The Morgan fingerprint density at radius 2 is 1.77 bits per heavy atom. The summed E-state index contributed by atoms with van der Waals surface area (Å²) in [6.45, 7) is -0.0458. The van der Waals surface area contributed by atoms with Gasteiger partial charge in [0, 0.05) is 12.8 Å². The monoisotopic (exact) mass is 408 g/mol. The fourth-order valence-electron chi connectivity index (χ4n) is 4.68. The van der Waals surface area contributed by atoms with Crippen molar-refractivity contribution < 1.29 is 19.7 Å². The molecule has 2 aromatic carbocycles. The van der Waals surface area contributed by atoms with Crippen LogP contribution in [-0.4, -0.2) is 35.1 Å². The molecule has 4 heteroatoms. The maximum absolute atomic E-state index is 10.2. The lowest BCUT2D eigenvalue weighted by molar-refractivity contribution is -0.113. The van der Waals surface area contributed by atoms with Gasteiger partial charge in [0.25, 0.3) is 0 Å². The van der Waals surface area contributed by atoms with E-state index in [9.17, 15) is 10.2 Å². The highest BCUT2D eigenvalue weighted by molar-refractivity contribution is 5.41. The number of benzene rings is 2. The first-order valence-corrected chi connectivity index (χ1v) is 11.5. The molecule has 3 atom stereocenters. The Kier molecular flexibility index (Phi) is 5.81. The first-order valence-electron chi connectivity index (χ1n) is 11.5. The van der Waals surface area contributed by atoms with Gasteiger partial charge in [0.1, 0.15) is 5.75 Å². The molecule has 0 spiro atoms. The third-order valence-corrected chi connectivity index (χ3v) is 6.81. The van der Waals surface area contributed by atoms with Gasteiger partial charge in [0.05, 0.1) is 31.0 Å². The van der Waals surface area contributed by atoms with Crippen molar-refractivity contribution in [3.05, 3.63) is 64.7 Å². The van der Waals surface area contributed by atoms with E-state index < -0.39 is 6.10 Å². The van der Waals surface area contributed by atoms with E-state index in [-0.39, 0.29) is 18.8 Å². The minimum Gasteiger partial charge on any atom is -0.490 e. The molecule has 2 aliphatic carbocycles. The van der Waals surface area contributed by atoms with Crippen molar-refractivity contribution in [2.45, 2.75) is 81.7 Å². The van der Waals surface area contributed by atoms with Crippen LogP contribution in [0.2, 0.25) is 0 Å². The maximum Gasteiger partial charge on any atom is 0.119 e. The zero-order valence-corrected chi connectivity index (χ0v) is 17.5. The fourth-order valence-corrected chi connectivity index (χ4v) is 4.68. The van der Waals surface area contributed by atoms with Crippen molar-refractivity contribution in [3.8, 4) is 5.75 Å². The molecule has 160 valence electrons. The van der Waals surface area contributed by atoms with Gasteiger partial charge in [-0.25, -0.2) is 0 Å². The number of hydrogen-bond acceptors (Lipinski definition) is 4. The van der Waals surface area contributed by atoms with Gasteiger partial charge in [-0.15, -0.1) is 0 Å². The zero-order valence-electron chi connectivity index (χ0n) is 17.5. The van der Waals surface area contributed by atoms with Crippen LogP contribution >= 0.6 is 0 Å². The Morgan fingerprint density at radius 1 is 0.967 bits per heavy atom. The molecular weight excluding hydrogens is 376 g/mol. The molecule has 3 fully saturated rings. The summed E-state index contributed by atoms with van der Waals surface area (Å²) in [5, 5.41) is 19.7. The topological polar surface area (TPSA) is 58.9 Å². The number of aliphatic hydroxyl groups excluding tert-OH is 2. The smallest absolute Gasteiger partial charge is 0.119 e. The minimum atomic E-state index is -0.421. The average molecular weight is 409 g/mol. The summed E-state index contributed by atoms with van der Waals surface area (Å²) < 4.78 is 12.1. The van der Waals surface area contributed by atoms with Gasteiger partial charge in [0.15, 0.2) is 0 Å². The first kappa shape index (κ1) is 20.0. The van der Waals surface area contributed by atoms with Crippen LogP contribution in [0, 0.1) is 0 Å². The van der Waals surface area contributed by atoms with Crippen molar-refractivity contribution in [1.29, 1.82) is 0 Å². The van der Waals surface area contributed by atoms with Crippen LogP contribution in [0.3, 0.4) is 0 Å². The Labute approximate surface area is 178 Å². The molecule has 30 heavy (non-hydrogen) atoms. The molecule has 2 saturated carbocycles. The molecule has 0 unspecified atom stereocenters. The molecule has 2 aromatic rings. The molecule has 0 aromatic heterocycles. The van der Waals surface area contributed by atoms with Gasteiger partial charge in [-0.1, -0.05) is 30.3 Å². The Morgan fingerprint density at radius 3 is 2.43 bits per heavy atom. The van der Waals surface area contributed by atoms with Crippen LogP contribution in [-0.2, 0) is 11.2 Å². The zero-order chi connectivity index (χ0) is 20.5. The molecule has 3 aliphatic rings.